The fourth-order valence-corrected chi connectivity index (χ4v) is 6.16. The highest BCUT2D eigenvalue weighted by molar-refractivity contribution is 8.19. The van der Waals surface area contributed by atoms with Crippen LogP contribution in [0, 0.1) is 0 Å². The van der Waals surface area contributed by atoms with Crippen LogP contribution in [0.1, 0.15) is 20.5 Å². The number of nitrogens with one attached hydrogen (secondary N) is 1. The molecule has 0 saturated carbocycles. The van der Waals surface area contributed by atoms with Crippen molar-refractivity contribution in [1.29, 1.82) is 0 Å². The van der Waals surface area contributed by atoms with Gasteiger partial charge in [0.25, 0.3) is 5.91 Å². The van der Waals surface area contributed by atoms with Crippen LogP contribution in [0.25, 0.3) is 10.2 Å². The molecule has 1 N–H and O–H groups in total. The predicted molar refractivity (Wildman–Crippen MR) is 102 cm³/mol. The number of fused-ring (bicyclic) bond motifs is 1. The monoisotopic (exact) mass is 358 g/mol. The van der Waals surface area contributed by atoms with Crippen molar-refractivity contribution in [1.82, 2.24) is 4.98 Å². The third kappa shape index (κ3) is 3.24. The minimum absolute atomic E-state index is 0.109. The number of para-hydroxylation sites is 1. The second kappa shape index (κ2) is 6.55. The van der Waals surface area contributed by atoms with E-state index in [9.17, 15) is 4.79 Å². The van der Waals surface area contributed by atoms with Crippen LogP contribution in [-0.4, -0.2) is 22.4 Å². The summed E-state index contributed by atoms with van der Waals surface area (Å²) in [6.45, 7) is 0. The number of carbonyl (C=O) groups is 1. The average molecular weight is 359 g/mol. The van der Waals surface area contributed by atoms with Crippen LogP contribution in [-0.2, 0) is 0 Å². The smallest absolute Gasteiger partial charge is 0.257 e. The molecule has 0 atom stereocenters. The van der Waals surface area contributed by atoms with Gasteiger partial charge in [-0.05, 0) is 29.8 Å². The number of rotatable bonds is 3. The van der Waals surface area contributed by atoms with Crippen LogP contribution >= 0.6 is 34.9 Å². The van der Waals surface area contributed by atoms with Crippen molar-refractivity contribution >= 4 is 56.1 Å². The van der Waals surface area contributed by atoms with Crippen LogP contribution in [0.5, 0.6) is 0 Å². The van der Waals surface area contributed by atoms with E-state index in [4.69, 9.17) is 0 Å². The van der Waals surface area contributed by atoms with Gasteiger partial charge in [0.15, 0.2) is 5.13 Å². The van der Waals surface area contributed by atoms with Gasteiger partial charge in [0.1, 0.15) is 0 Å². The number of amides is 1. The number of hydrogen-bond acceptors (Lipinski definition) is 5. The molecule has 6 heteroatoms. The molecule has 2 heterocycles. The summed E-state index contributed by atoms with van der Waals surface area (Å²) in [4.78, 5) is 16.8. The minimum Gasteiger partial charge on any atom is -0.298 e. The first-order chi connectivity index (χ1) is 11.3. The molecule has 0 radical (unpaired) electrons. The number of aromatic nitrogens is 1. The van der Waals surface area contributed by atoms with Gasteiger partial charge in [-0.3, -0.25) is 10.1 Å². The third-order valence-corrected chi connectivity index (χ3v) is 7.64. The van der Waals surface area contributed by atoms with Gasteiger partial charge in [-0.25, -0.2) is 4.98 Å². The number of nitrogens with zero attached hydrogens (tertiary/aromatic N) is 1. The van der Waals surface area contributed by atoms with Gasteiger partial charge in [0, 0.05) is 17.1 Å². The SMILES string of the molecule is O=C(Nc1nc2ccccc2s1)c1ccc(C2SCCS2)cc1. The van der Waals surface area contributed by atoms with E-state index in [-0.39, 0.29) is 5.91 Å². The maximum absolute atomic E-state index is 12.4. The summed E-state index contributed by atoms with van der Waals surface area (Å²) in [5.74, 6) is 2.30. The lowest BCUT2D eigenvalue weighted by Gasteiger charge is -2.09. The van der Waals surface area contributed by atoms with Gasteiger partial charge in [-0.2, -0.15) is 0 Å². The zero-order valence-electron chi connectivity index (χ0n) is 12.2. The van der Waals surface area contributed by atoms with Gasteiger partial charge in [0.2, 0.25) is 0 Å². The molecule has 1 aliphatic rings. The largest absolute Gasteiger partial charge is 0.298 e. The van der Waals surface area contributed by atoms with Gasteiger partial charge < -0.3 is 0 Å². The first-order valence-electron chi connectivity index (χ1n) is 7.30. The van der Waals surface area contributed by atoms with Crippen molar-refractivity contribution in [3.05, 3.63) is 59.7 Å². The van der Waals surface area contributed by atoms with Crippen molar-refractivity contribution in [2.75, 3.05) is 16.8 Å². The van der Waals surface area contributed by atoms with Crippen molar-refractivity contribution in [2.24, 2.45) is 0 Å². The summed E-state index contributed by atoms with van der Waals surface area (Å²) in [5, 5.41) is 3.54. The number of benzene rings is 2. The topological polar surface area (TPSA) is 42.0 Å². The van der Waals surface area contributed by atoms with E-state index in [1.54, 1.807) is 0 Å². The van der Waals surface area contributed by atoms with Gasteiger partial charge in [0.05, 0.1) is 14.8 Å². The third-order valence-electron chi connectivity index (χ3n) is 3.58. The molecule has 0 spiro atoms. The highest BCUT2D eigenvalue weighted by Crippen LogP contribution is 2.45. The first-order valence-corrected chi connectivity index (χ1v) is 10.2. The van der Waals surface area contributed by atoms with E-state index in [1.807, 2.05) is 59.9 Å². The van der Waals surface area contributed by atoms with E-state index >= 15 is 0 Å². The Bertz CT molecular complexity index is 805. The fourth-order valence-electron chi connectivity index (χ4n) is 2.44. The van der Waals surface area contributed by atoms with Crippen molar-refractivity contribution in [2.45, 2.75) is 4.58 Å². The molecular weight excluding hydrogens is 344 g/mol. The standard InChI is InChI=1S/C17H14N2OS3/c20-15(19-17-18-13-3-1-2-4-14(13)23-17)11-5-7-12(8-6-11)16-21-9-10-22-16/h1-8,16H,9-10H2,(H,18,19,20). The molecule has 0 aliphatic carbocycles. The Morgan fingerprint density at radius 1 is 1.04 bits per heavy atom. The first kappa shape index (κ1) is 15.1. The van der Waals surface area contributed by atoms with E-state index in [1.165, 1.54) is 28.4 Å². The molecule has 1 saturated heterocycles. The van der Waals surface area contributed by atoms with Crippen LogP contribution in [0.3, 0.4) is 0 Å². The normalized spacial score (nSPS) is 15.1. The number of carbonyl (C=O) groups excluding carboxylic acids is 1. The molecule has 0 bridgehead atoms. The highest BCUT2D eigenvalue weighted by Gasteiger charge is 2.18. The lowest BCUT2D eigenvalue weighted by Crippen LogP contribution is -2.11. The maximum Gasteiger partial charge on any atom is 0.257 e. The predicted octanol–water partition coefficient (Wildman–Crippen LogP) is 5.03. The number of hydrogen-bond donors (Lipinski definition) is 1. The summed E-state index contributed by atoms with van der Waals surface area (Å²) in [5.41, 5.74) is 2.87. The van der Waals surface area contributed by atoms with Crippen LogP contribution in [0.2, 0.25) is 0 Å². The second-order valence-electron chi connectivity index (χ2n) is 5.14. The Morgan fingerprint density at radius 2 is 1.78 bits per heavy atom. The Balaban J connectivity index is 1.49. The fraction of sp³-hybridized carbons (Fsp3) is 0.176. The number of thioether (sulfide) groups is 2. The zero-order chi connectivity index (χ0) is 15.6. The molecule has 23 heavy (non-hydrogen) atoms. The van der Waals surface area contributed by atoms with E-state index < -0.39 is 0 Å². The van der Waals surface area contributed by atoms with Crippen LogP contribution in [0.15, 0.2) is 48.5 Å². The zero-order valence-corrected chi connectivity index (χ0v) is 14.6. The van der Waals surface area contributed by atoms with Crippen molar-refractivity contribution < 1.29 is 4.79 Å². The Hall–Kier alpha value is -1.50. The summed E-state index contributed by atoms with van der Waals surface area (Å²) < 4.78 is 1.59. The summed E-state index contributed by atoms with van der Waals surface area (Å²) >= 11 is 5.43. The second-order valence-corrected chi connectivity index (χ2v) is 8.89. The summed E-state index contributed by atoms with van der Waals surface area (Å²) in [6.07, 6.45) is 0. The van der Waals surface area contributed by atoms with E-state index in [0.717, 1.165) is 10.2 Å². The number of thiazole rings is 1. The Morgan fingerprint density at radius 3 is 2.52 bits per heavy atom. The van der Waals surface area contributed by atoms with Crippen LogP contribution in [0.4, 0.5) is 5.13 Å². The maximum atomic E-state index is 12.4. The lowest BCUT2D eigenvalue weighted by molar-refractivity contribution is 0.102. The summed E-state index contributed by atoms with van der Waals surface area (Å²) in [6, 6.07) is 15.8. The molecule has 2 aromatic carbocycles. The summed E-state index contributed by atoms with van der Waals surface area (Å²) in [7, 11) is 0. The number of anilines is 1. The molecule has 0 unspecified atom stereocenters. The van der Waals surface area contributed by atoms with Gasteiger partial charge in [-0.15, -0.1) is 23.5 Å². The Kier molecular flexibility index (Phi) is 4.29. The average Bonchev–Trinajstić information content (AvgIpc) is 3.24. The minimum atomic E-state index is -0.109. The van der Waals surface area contributed by atoms with E-state index in [0.29, 0.717) is 15.3 Å². The molecule has 1 aliphatic heterocycles. The quantitative estimate of drug-likeness (QED) is 0.713. The molecule has 3 aromatic rings. The van der Waals surface area contributed by atoms with Crippen molar-refractivity contribution in [3.63, 3.8) is 0 Å². The molecule has 1 aromatic heterocycles. The Labute approximate surface area is 146 Å². The van der Waals surface area contributed by atoms with Gasteiger partial charge in [-0.1, -0.05) is 35.6 Å². The molecule has 3 nitrogen and oxygen atoms in total. The molecular formula is C17H14N2OS3. The van der Waals surface area contributed by atoms with E-state index in [2.05, 4.69) is 22.4 Å². The van der Waals surface area contributed by atoms with Gasteiger partial charge >= 0.3 is 0 Å². The molecule has 4 rings (SSSR count). The molecule has 1 fully saturated rings. The molecule has 1 amide bonds. The highest BCUT2D eigenvalue weighted by atomic mass is 32.2. The van der Waals surface area contributed by atoms with Crippen molar-refractivity contribution in [3.8, 4) is 0 Å². The molecule has 116 valence electrons. The van der Waals surface area contributed by atoms with Crippen LogP contribution < -0.4 is 5.32 Å². The lowest BCUT2D eigenvalue weighted by atomic mass is 10.1.